The summed E-state index contributed by atoms with van der Waals surface area (Å²) >= 11 is 0. The summed E-state index contributed by atoms with van der Waals surface area (Å²) in [6.45, 7) is 2.04. The first kappa shape index (κ1) is 18.3. The lowest BCUT2D eigenvalue weighted by Crippen LogP contribution is -2.18. The van der Waals surface area contributed by atoms with E-state index in [0.29, 0.717) is 12.2 Å². The molecule has 4 N–H and O–H groups in total. The van der Waals surface area contributed by atoms with E-state index < -0.39 is 6.23 Å². The number of imidazole rings is 1. The highest BCUT2D eigenvalue weighted by Gasteiger charge is 2.14. The van der Waals surface area contributed by atoms with Crippen LogP contribution in [-0.4, -0.2) is 41.5 Å². The number of rotatable bonds is 6. The number of hydrogen-bond donors (Lipinski definition) is 4. The van der Waals surface area contributed by atoms with Gasteiger partial charge in [0.2, 0.25) is 0 Å². The Hall–Kier alpha value is -3.78. The topological polar surface area (TPSA) is 115 Å². The van der Waals surface area contributed by atoms with Crippen LogP contribution in [0.3, 0.4) is 0 Å². The summed E-state index contributed by atoms with van der Waals surface area (Å²) < 4.78 is 0. The van der Waals surface area contributed by atoms with Gasteiger partial charge in [-0.25, -0.2) is 4.98 Å². The molecule has 5 rings (SSSR count). The van der Waals surface area contributed by atoms with E-state index in [2.05, 4.69) is 41.5 Å². The van der Waals surface area contributed by atoms with Crippen LogP contribution in [0.5, 0.6) is 0 Å². The number of benzene rings is 1. The van der Waals surface area contributed by atoms with E-state index in [-0.39, 0.29) is 0 Å². The maximum atomic E-state index is 10.0. The van der Waals surface area contributed by atoms with Crippen LogP contribution in [0.4, 0.5) is 5.69 Å². The van der Waals surface area contributed by atoms with Crippen LogP contribution in [0.25, 0.3) is 44.6 Å². The van der Waals surface area contributed by atoms with Crippen LogP contribution in [0.2, 0.25) is 0 Å². The number of H-pyrrole nitrogens is 2. The van der Waals surface area contributed by atoms with Crippen molar-refractivity contribution in [2.24, 2.45) is 0 Å². The van der Waals surface area contributed by atoms with Gasteiger partial charge in [-0.05, 0) is 36.2 Å². The molecule has 4 heterocycles. The molecule has 0 saturated heterocycles. The van der Waals surface area contributed by atoms with Gasteiger partial charge in [0, 0.05) is 23.3 Å². The number of aromatic amines is 2. The molecule has 0 bridgehead atoms. The number of nitrogens with zero attached hydrogens (tertiary/aromatic N) is 4. The highest BCUT2D eigenvalue weighted by Crippen LogP contribution is 2.30. The largest absolute Gasteiger partial charge is 0.374 e. The van der Waals surface area contributed by atoms with Crippen LogP contribution >= 0.6 is 0 Å². The van der Waals surface area contributed by atoms with Crippen molar-refractivity contribution < 1.29 is 5.11 Å². The summed E-state index contributed by atoms with van der Waals surface area (Å²) in [5, 5.41) is 21.6. The average molecular weight is 399 g/mol. The summed E-state index contributed by atoms with van der Waals surface area (Å²) in [7, 11) is 0. The second kappa shape index (κ2) is 7.57. The molecule has 0 amide bonds. The highest BCUT2D eigenvalue weighted by molar-refractivity contribution is 5.95. The number of anilines is 1. The van der Waals surface area contributed by atoms with Crippen molar-refractivity contribution in [3.05, 3.63) is 55.1 Å². The number of fused-ring (bicyclic) bond motifs is 2. The van der Waals surface area contributed by atoms with Gasteiger partial charge in [-0.15, -0.1) is 0 Å². The molecular formula is C22H21N7O. The van der Waals surface area contributed by atoms with Gasteiger partial charge in [-0.3, -0.25) is 15.1 Å². The molecule has 150 valence electrons. The van der Waals surface area contributed by atoms with Crippen LogP contribution in [0, 0.1) is 0 Å². The fourth-order valence-corrected chi connectivity index (χ4v) is 3.56. The predicted molar refractivity (Wildman–Crippen MR) is 117 cm³/mol. The Morgan fingerprint density at radius 2 is 1.97 bits per heavy atom. The Morgan fingerprint density at radius 3 is 2.83 bits per heavy atom. The summed E-state index contributed by atoms with van der Waals surface area (Å²) in [4.78, 5) is 16.4. The van der Waals surface area contributed by atoms with Crippen molar-refractivity contribution in [3.63, 3.8) is 0 Å². The van der Waals surface area contributed by atoms with Crippen molar-refractivity contribution >= 4 is 27.6 Å². The molecule has 0 aliphatic heterocycles. The van der Waals surface area contributed by atoms with Crippen molar-refractivity contribution in [2.45, 2.75) is 26.0 Å². The van der Waals surface area contributed by atoms with Gasteiger partial charge in [0.1, 0.15) is 11.9 Å². The predicted octanol–water partition coefficient (Wildman–Crippen LogP) is 4.09. The van der Waals surface area contributed by atoms with Crippen LogP contribution in [0.1, 0.15) is 19.8 Å². The maximum Gasteiger partial charge on any atom is 0.159 e. The van der Waals surface area contributed by atoms with Crippen molar-refractivity contribution in [1.82, 2.24) is 30.1 Å². The molecule has 30 heavy (non-hydrogen) atoms. The molecule has 0 radical (unpaired) electrons. The van der Waals surface area contributed by atoms with Gasteiger partial charge in [0.25, 0.3) is 0 Å². The molecule has 8 heteroatoms. The number of aliphatic hydroxyl groups excluding tert-OH is 1. The molecule has 0 aliphatic rings. The standard InChI is InChI=1S/C22H21N7O/c1-2-3-20(30)25-15-8-14(10-24-11-15)13-4-5-17-16(9-13)21(29-28-17)22-26-18-6-7-23-12-19(18)27-22/h4-12,20,25,30H,2-3H2,1H3,(H,26,27)(H,28,29). The summed E-state index contributed by atoms with van der Waals surface area (Å²) in [6.07, 6.45) is 8.00. The third-order valence-corrected chi connectivity index (χ3v) is 5.04. The monoisotopic (exact) mass is 399 g/mol. The fraction of sp³-hybridized carbons (Fsp3) is 0.182. The van der Waals surface area contributed by atoms with Crippen LogP contribution in [0.15, 0.2) is 55.1 Å². The molecule has 0 saturated carbocycles. The van der Waals surface area contributed by atoms with E-state index in [1.54, 1.807) is 18.6 Å². The fourth-order valence-electron chi connectivity index (χ4n) is 3.56. The van der Waals surface area contributed by atoms with E-state index >= 15 is 0 Å². The lowest BCUT2D eigenvalue weighted by molar-refractivity contribution is 0.192. The average Bonchev–Trinajstić information content (AvgIpc) is 3.37. The van der Waals surface area contributed by atoms with E-state index in [9.17, 15) is 5.11 Å². The second-order valence-corrected chi connectivity index (χ2v) is 7.22. The van der Waals surface area contributed by atoms with E-state index in [4.69, 9.17) is 0 Å². The van der Waals surface area contributed by atoms with E-state index in [0.717, 1.165) is 50.9 Å². The first-order valence-corrected chi connectivity index (χ1v) is 9.89. The number of aliphatic hydroxyl groups is 1. The maximum absolute atomic E-state index is 10.0. The molecular weight excluding hydrogens is 378 g/mol. The van der Waals surface area contributed by atoms with Gasteiger partial charge in [0.15, 0.2) is 5.82 Å². The molecule has 1 unspecified atom stereocenters. The SMILES string of the molecule is CCCC(O)Nc1cncc(-c2ccc3[nH]nc(-c4nc5ccncc5[nH]4)c3c2)c1. The first-order valence-electron chi connectivity index (χ1n) is 9.89. The molecule has 5 aromatic rings. The van der Waals surface area contributed by atoms with Crippen LogP contribution < -0.4 is 5.32 Å². The Bertz CT molecular complexity index is 1290. The zero-order chi connectivity index (χ0) is 20.5. The normalized spacial score (nSPS) is 12.5. The van der Waals surface area contributed by atoms with Gasteiger partial charge in [0.05, 0.1) is 34.6 Å². The van der Waals surface area contributed by atoms with Gasteiger partial charge in [-0.1, -0.05) is 19.4 Å². The van der Waals surface area contributed by atoms with Crippen molar-refractivity contribution in [2.75, 3.05) is 5.32 Å². The molecule has 4 aromatic heterocycles. The minimum Gasteiger partial charge on any atom is -0.374 e. The van der Waals surface area contributed by atoms with Gasteiger partial charge >= 0.3 is 0 Å². The number of pyridine rings is 2. The Kier molecular flexibility index (Phi) is 4.61. The Balaban J connectivity index is 1.53. The van der Waals surface area contributed by atoms with E-state index in [1.165, 1.54) is 0 Å². The Labute approximate surface area is 172 Å². The molecule has 1 atom stereocenters. The smallest absolute Gasteiger partial charge is 0.159 e. The molecule has 1 aromatic carbocycles. The first-order chi connectivity index (χ1) is 14.7. The lowest BCUT2D eigenvalue weighted by Gasteiger charge is -2.13. The molecule has 8 nitrogen and oxygen atoms in total. The zero-order valence-electron chi connectivity index (χ0n) is 16.4. The highest BCUT2D eigenvalue weighted by atomic mass is 16.3. The van der Waals surface area contributed by atoms with E-state index in [1.807, 2.05) is 37.4 Å². The minimum absolute atomic E-state index is 0.586. The summed E-state index contributed by atoms with van der Waals surface area (Å²) in [5.74, 6) is 0.692. The zero-order valence-corrected chi connectivity index (χ0v) is 16.4. The van der Waals surface area contributed by atoms with Crippen molar-refractivity contribution in [3.8, 4) is 22.6 Å². The Morgan fingerprint density at radius 1 is 1.03 bits per heavy atom. The number of hydrogen-bond acceptors (Lipinski definition) is 6. The molecule has 0 fully saturated rings. The number of nitrogens with one attached hydrogen (secondary N) is 3. The summed E-state index contributed by atoms with van der Waals surface area (Å²) in [5.41, 5.74) is 6.13. The number of aromatic nitrogens is 6. The molecule has 0 spiro atoms. The lowest BCUT2D eigenvalue weighted by atomic mass is 10.0. The minimum atomic E-state index is -0.586. The second-order valence-electron chi connectivity index (χ2n) is 7.22. The quantitative estimate of drug-likeness (QED) is 0.320. The van der Waals surface area contributed by atoms with Crippen molar-refractivity contribution in [1.29, 1.82) is 0 Å². The van der Waals surface area contributed by atoms with Gasteiger partial charge < -0.3 is 15.4 Å². The third-order valence-electron chi connectivity index (χ3n) is 5.04. The van der Waals surface area contributed by atoms with Crippen LogP contribution in [-0.2, 0) is 0 Å². The molecule has 0 aliphatic carbocycles. The summed E-state index contributed by atoms with van der Waals surface area (Å²) in [6, 6.07) is 9.95. The van der Waals surface area contributed by atoms with Gasteiger partial charge in [-0.2, -0.15) is 5.10 Å². The third kappa shape index (κ3) is 3.37.